The van der Waals surface area contributed by atoms with Crippen molar-refractivity contribution in [2.24, 2.45) is 0 Å². The van der Waals surface area contributed by atoms with E-state index in [1.165, 1.54) is 5.56 Å². The third-order valence-corrected chi connectivity index (χ3v) is 3.34. The first-order chi connectivity index (χ1) is 8.88. The van der Waals surface area contributed by atoms with Gasteiger partial charge in [-0.3, -0.25) is 0 Å². The summed E-state index contributed by atoms with van der Waals surface area (Å²) in [5.41, 5.74) is 1.39. The van der Waals surface area contributed by atoms with Crippen molar-refractivity contribution in [1.82, 2.24) is 5.32 Å². The Morgan fingerprint density at radius 3 is 2.78 bits per heavy atom. The zero-order valence-electron chi connectivity index (χ0n) is 11.1. The molecule has 0 saturated carbocycles. The highest BCUT2D eigenvalue weighted by atomic mass is 16.6. The maximum Gasteiger partial charge on any atom is 0.0933 e. The molecular weight excluding hydrogens is 226 g/mol. The summed E-state index contributed by atoms with van der Waals surface area (Å²) < 4.78 is 11.0. The number of ether oxygens (including phenoxy) is 2. The van der Waals surface area contributed by atoms with Gasteiger partial charge in [0, 0.05) is 12.6 Å². The summed E-state index contributed by atoms with van der Waals surface area (Å²) in [7, 11) is 0. The van der Waals surface area contributed by atoms with Crippen molar-refractivity contribution < 1.29 is 9.47 Å². The fourth-order valence-electron chi connectivity index (χ4n) is 2.21. The maximum atomic E-state index is 5.64. The normalized spacial score (nSPS) is 21.7. The summed E-state index contributed by atoms with van der Waals surface area (Å²) in [5, 5.41) is 3.58. The number of rotatable bonds is 6. The smallest absolute Gasteiger partial charge is 0.0933 e. The van der Waals surface area contributed by atoms with Crippen LogP contribution >= 0.6 is 0 Å². The van der Waals surface area contributed by atoms with Crippen LogP contribution in [0.15, 0.2) is 30.3 Å². The molecule has 0 aromatic heterocycles. The molecule has 1 heterocycles. The molecule has 3 heteroatoms. The van der Waals surface area contributed by atoms with Gasteiger partial charge in [-0.25, -0.2) is 0 Å². The molecule has 18 heavy (non-hydrogen) atoms. The van der Waals surface area contributed by atoms with Crippen LogP contribution in [0.5, 0.6) is 0 Å². The standard InChI is InChI=1S/C15H23NO2/c1-2-14(10-13-6-4-3-5-7-13)16-11-15-12-17-8-9-18-15/h3-7,14-16H,2,8-12H2,1H3. The third-order valence-electron chi connectivity index (χ3n) is 3.34. The van der Waals surface area contributed by atoms with Gasteiger partial charge in [0.25, 0.3) is 0 Å². The van der Waals surface area contributed by atoms with Crippen LogP contribution in [0.3, 0.4) is 0 Å². The molecular formula is C15H23NO2. The van der Waals surface area contributed by atoms with Gasteiger partial charge in [0.05, 0.1) is 25.9 Å². The number of benzene rings is 1. The fourth-order valence-corrected chi connectivity index (χ4v) is 2.21. The molecule has 0 radical (unpaired) electrons. The first kappa shape index (κ1) is 13.5. The molecule has 1 aliphatic rings. The van der Waals surface area contributed by atoms with Gasteiger partial charge in [-0.05, 0) is 18.4 Å². The third kappa shape index (κ3) is 4.41. The lowest BCUT2D eigenvalue weighted by atomic mass is 10.0. The Labute approximate surface area is 109 Å². The summed E-state index contributed by atoms with van der Waals surface area (Å²) >= 11 is 0. The molecule has 0 spiro atoms. The van der Waals surface area contributed by atoms with Gasteiger partial charge in [0.1, 0.15) is 0 Å². The molecule has 2 rings (SSSR count). The van der Waals surface area contributed by atoms with Crippen LogP contribution in [0.1, 0.15) is 18.9 Å². The lowest BCUT2D eigenvalue weighted by Gasteiger charge is -2.25. The van der Waals surface area contributed by atoms with E-state index in [1.807, 2.05) is 0 Å². The van der Waals surface area contributed by atoms with Gasteiger partial charge < -0.3 is 14.8 Å². The predicted octanol–water partition coefficient (Wildman–Crippen LogP) is 2.01. The minimum atomic E-state index is 0.212. The van der Waals surface area contributed by atoms with Gasteiger partial charge in [-0.2, -0.15) is 0 Å². The van der Waals surface area contributed by atoms with Crippen molar-refractivity contribution in [1.29, 1.82) is 0 Å². The molecule has 1 fully saturated rings. The Morgan fingerprint density at radius 1 is 1.28 bits per heavy atom. The van der Waals surface area contributed by atoms with E-state index in [2.05, 4.69) is 42.6 Å². The van der Waals surface area contributed by atoms with Crippen LogP contribution < -0.4 is 5.32 Å². The van der Waals surface area contributed by atoms with Crippen LogP contribution in [-0.4, -0.2) is 38.5 Å². The highest BCUT2D eigenvalue weighted by Crippen LogP contribution is 2.06. The Kier molecular flexibility index (Phi) is 5.65. The SMILES string of the molecule is CCC(Cc1ccccc1)NCC1COCCO1. The zero-order valence-corrected chi connectivity index (χ0v) is 11.1. The van der Waals surface area contributed by atoms with Gasteiger partial charge in [-0.15, -0.1) is 0 Å². The molecule has 1 aliphatic heterocycles. The van der Waals surface area contributed by atoms with Crippen molar-refractivity contribution in [3.63, 3.8) is 0 Å². The molecule has 1 aromatic carbocycles. The molecule has 3 nitrogen and oxygen atoms in total. The van der Waals surface area contributed by atoms with Crippen molar-refractivity contribution in [2.45, 2.75) is 31.9 Å². The summed E-state index contributed by atoms with van der Waals surface area (Å²) in [6.07, 6.45) is 2.41. The Bertz CT molecular complexity index is 323. The Balaban J connectivity index is 1.75. The van der Waals surface area contributed by atoms with Crippen molar-refractivity contribution in [3.8, 4) is 0 Å². The number of nitrogens with one attached hydrogen (secondary N) is 1. The number of hydrogen-bond donors (Lipinski definition) is 1. The van der Waals surface area contributed by atoms with Crippen LogP contribution in [0.4, 0.5) is 0 Å². The van der Waals surface area contributed by atoms with Crippen LogP contribution in [0.25, 0.3) is 0 Å². The maximum absolute atomic E-state index is 5.64. The van der Waals surface area contributed by atoms with Gasteiger partial charge in [0.15, 0.2) is 0 Å². The fraction of sp³-hybridized carbons (Fsp3) is 0.600. The first-order valence-corrected chi connectivity index (χ1v) is 6.85. The van der Waals surface area contributed by atoms with E-state index in [0.29, 0.717) is 6.04 Å². The van der Waals surface area contributed by atoms with E-state index < -0.39 is 0 Å². The molecule has 0 bridgehead atoms. The van der Waals surface area contributed by atoms with E-state index in [-0.39, 0.29) is 6.10 Å². The van der Waals surface area contributed by atoms with Crippen molar-refractivity contribution in [2.75, 3.05) is 26.4 Å². The summed E-state index contributed by atoms with van der Waals surface area (Å²) in [4.78, 5) is 0. The molecule has 0 amide bonds. The van der Waals surface area contributed by atoms with E-state index in [9.17, 15) is 0 Å². The van der Waals surface area contributed by atoms with Crippen LogP contribution in [-0.2, 0) is 15.9 Å². The summed E-state index contributed by atoms with van der Waals surface area (Å²) in [6, 6.07) is 11.1. The Morgan fingerprint density at radius 2 is 2.11 bits per heavy atom. The lowest BCUT2D eigenvalue weighted by molar-refractivity contribution is -0.0870. The highest BCUT2D eigenvalue weighted by Gasteiger charge is 2.15. The average Bonchev–Trinajstić information content (AvgIpc) is 2.45. The first-order valence-electron chi connectivity index (χ1n) is 6.85. The second-order valence-electron chi connectivity index (χ2n) is 4.77. The lowest BCUT2D eigenvalue weighted by Crippen LogP contribution is -2.42. The second-order valence-corrected chi connectivity index (χ2v) is 4.77. The minimum absolute atomic E-state index is 0.212. The quantitative estimate of drug-likeness (QED) is 0.836. The van der Waals surface area contributed by atoms with E-state index >= 15 is 0 Å². The predicted molar refractivity (Wildman–Crippen MR) is 72.8 cm³/mol. The molecule has 1 saturated heterocycles. The monoisotopic (exact) mass is 249 g/mol. The summed E-state index contributed by atoms with van der Waals surface area (Å²) in [6.45, 7) is 5.28. The second kappa shape index (κ2) is 7.52. The largest absolute Gasteiger partial charge is 0.376 e. The van der Waals surface area contributed by atoms with Gasteiger partial charge >= 0.3 is 0 Å². The molecule has 2 unspecified atom stereocenters. The molecule has 100 valence electrons. The molecule has 1 N–H and O–H groups in total. The van der Waals surface area contributed by atoms with Crippen LogP contribution in [0, 0.1) is 0 Å². The summed E-state index contributed by atoms with van der Waals surface area (Å²) in [5.74, 6) is 0. The average molecular weight is 249 g/mol. The number of hydrogen-bond acceptors (Lipinski definition) is 3. The van der Waals surface area contributed by atoms with Crippen molar-refractivity contribution >= 4 is 0 Å². The minimum Gasteiger partial charge on any atom is -0.376 e. The van der Waals surface area contributed by atoms with E-state index in [0.717, 1.165) is 39.2 Å². The topological polar surface area (TPSA) is 30.5 Å². The van der Waals surface area contributed by atoms with E-state index in [1.54, 1.807) is 0 Å². The zero-order chi connectivity index (χ0) is 12.6. The van der Waals surface area contributed by atoms with Gasteiger partial charge in [0.2, 0.25) is 0 Å². The van der Waals surface area contributed by atoms with Gasteiger partial charge in [-0.1, -0.05) is 37.3 Å². The van der Waals surface area contributed by atoms with Crippen LogP contribution in [0.2, 0.25) is 0 Å². The van der Waals surface area contributed by atoms with E-state index in [4.69, 9.17) is 9.47 Å². The molecule has 2 atom stereocenters. The van der Waals surface area contributed by atoms with Crippen molar-refractivity contribution in [3.05, 3.63) is 35.9 Å². The highest BCUT2D eigenvalue weighted by molar-refractivity contribution is 5.15. The molecule has 0 aliphatic carbocycles. The molecule has 1 aromatic rings. The Hall–Kier alpha value is -0.900.